The summed E-state index contributed by atoms with van der Waals surface area (Å²) in [7, 11) is 0. The van der Waals surface area contributed by atoms with Crippen molar-refractivity contribution in [2.45, 2.75) is 31.7 Å². The van der Waals surface area contributed by atoms with Gasteiger partial charge in [-0.1, -0.05) is 6.07 Å². The van der Waals surface area contributed by atoms with Crippen LogP contribution in [0.15, 0.2) is 48.2 Å². The molecule has 2 aliphatic rings. The summed E-state index contributed by atoms with van der Waals surface area (Å²) in [5.41, 5.74) is 3.56. The van der Waals surface area contributed by atoms with Gasteiger partial charge in [0.15, 0.2) is 5.65 Å². The number of nitrogens with zero attached hydrogens (tertiary/aromatic N) is 5. The molecular formula is C27H25N7O2S. The number of hydrogen-bond acceptors (Lipinski definition) is 7. The maximum atomic E-state index is 13.4. The summed E-state index contributed by atoms with van der Waals surface area (Å²) in [6.45, 7) is 1.10. The second kappa shape index (κ2) is 9.75. The molecule has 1 saturated carbocycles. The Hall–Kier alpha value is -4.10. The molecule has 9 nitrogen and oxygen atoms in total. The Bertz CT molecular complexity index is 1490. The van der Waals surface area contributed by atoms with Crippen molar-refractivity contribution in [1.82, 2.24) is 30.2 Å². The minimum absolute atomic E-state index is 0.00231. The van der Waals surface area contributed by atoms with Crippen molar-refractivity contribution >= 4 is 34.3 Å². The molecule has 1 atom stereocenters. The van der Waals surface area contributed by atoms with E-state index in [1.54, 1.807) is 34.8 Å². The lowest BCUT2D eigenvalue weighted by molar-refractivity contribution is -0.135. The van der Waals surface area contributed by atoms with Gasteiger partial charge in [0.25, 0.3) is 5.91 Å². The molecule has 6 rings (SSSR count). The second-order valence-electron chi connectivity index (χ2n) is 9.58. The fourth-order valence-corrected chi connectivity index (χ4v) is 5.53. The van der Waals surface area contributed by atoms with Crippen molar-refractivity contribution in [3.05, 3.63) is 53.8 Å². The SMILES string of the molecule is N#CC1CCN(C(=O)[C@@H](NC(=O)c2c[nH]c3ncc(-c4cc(-c5cccs5)ccn4)nc23)C2CC2)CC1. The van der Waals surface area contributed by atoms with Gasteiger partial charge in [-0.3, -0.25) is 14.6 Å². The van der Waals surface area contributed by atoms with Gasteiger partial charge in [0, 0.05) is 36.3 Å². The molecule has 2 N–H and O–H groups in total. The number of nitriles is 1. The van der Waals surface area contributed by atoms with E-state index in [1.165, 1.54) is 0 Å². The molecule has 1 aliphatic carbocycles. The lowest BCUT2D eigenvalue weighted by Gasteiger charge is -2.32. The summed E-state index contributed by atoms with van der Waals surface area (Å²) in [4.78, 5) is 46.3. The fourth-order valence-electron chi connectivity index (χ4n) is 4.81. The van der Waals surface area contributed by atoms with Crippen LogP contribution >= 0.6 is 11.3 Å². The van der Waals surface area contributed by atoms with Gasteiger partial charge in [-0.15, -0.1) is 11.3 Å². The second-order valence-corrected chi connectivity index (χ2v) is 10.5. The topological polar surface area (TPSA) is 128 Å². The Morgan fingerprint density at radius 2 is 2.00 bits per heavy atom. The third-order valence-corrected chi connectivity index (χ3v) is 8.01. The fraction of sp³-hybridized carbons (Fsp3) is 0.333. The van der Waals surface area contributed by atoms with E-state index in [9.17, 15) is 9.59 Å². The third-order valence-electron chi connectivity index (χ3n) is 7.09. The first-order chi connectivity index (χ1) is 18.1. The van der Waals surface area contributed by atoms with Gasteiger partial charge >= 0.3 is 0 Å². The highest BCUT2D eigenvalue weighted by Crippen LogP contribution is 2.34. The van der Waals surface area contributed by atoms with Crippen molar-refractivity contribution in [1.29, 1.82) is 5.26 Å². The minimum Gasteiger partial charge on any atom is -0.344 e. The average Bonchev–Trinajstić information content (AvgIpc) is 3.45. The number of aromatic nitrogens is 4. The van der Waals surface area contributed by atoms with Crippen LogP contribution in [0.25, 0.3) is 33.0 Å². The van der Waals surface area contributed by atoms with E-state index >= 15 is 0 Å². The Kier molecular flexibility index (Phi) is 6.14. The molecule has 2 fully saturated rings. The summed E-state index contributed by atoms with van der Waals surface area (Å²) in [6.07, 6.45) is 8.15. The molecule has 5 heterocycles. The molecule has 186 valence electrons. The molecule has 4 aromatic heterocycles. The quantitative estimate of drug-likeness (QED) is 0.402. The van der Waals surface area contributed by atoms with Crippen molar-refractivity contribution in [2.75, 3.05) is 13.1 Å². The first kappa shape index (κ1) is 23.3. The van der Waals surface area contributed by atoms with Crippen molar-refractivity contribution < 1.29 is 9.59 Å². The molecule has 10 heteroatoms. The smallest absolute Gasteiger partial charge is 0.255 e. The third kappa shape index (κ3) is 4.70. The number of thiophene rings is 1. The number of piperidine rings is 1. The zero-order valence-corrected chi connectivity index (χ0v) is 20.9. The molecule has 4 aromatic rings. The Balaban J connectivity index is 1.24. The van der Waals surface area contributed by atoms with Crippen LogP contribution in [0.2, 0.25) is 0 Å². The van der Waals surface area contributed by atoms with Gasteiger partial charge in [-0.2, -0.15) is 5.26 Å². The number of H-pyrrole nitrogens is 1. The molecule has 1 saturated heterocycles. The number of carbonyl (C=O) groups is 2. The van der Waals surface area contributed by atoms with Gasteiger partial charge in [0.1, 0.15) is 17.3 Å². The molecule has 1 aliphatic heterocycles. The number of fused-ring (bicyclic) bond motifs is 1. The summed E-state index contributed by atoms with van der Waals surface area (Å²) < 4.78 is 0. The van der Waals surface area contributed by atoms with Gasteiger partial charge in [-0.05, 0) is 60.7 Å². The Morgan fingerprint density at radius 1 is 1.16 bits per heavy atom. The van der Waals surface area contributed by atoms with E-state index < -0.39 is 6.04 Å². The molecular weight excluding hydrogens is 486 g/mol. The molecule has 2 amide bonds. The predicted molar refractivity (Wildman–Crippen MR) is 139 cm³/mol. The largest absolute Gasteiger partial charge is 0.344 e. The van der Waals surface area contributed by atoms with Crippen LogP contribution in [0.1, 0.15) is 36.0 Å². The van der Waals surface area contributed by atoms with Crippen molar-refractivity contribution in [2.24, 2.45) is 11.8 Å². The van der Waals surface area contributed by atoms with E-state index in [1.807, 2.05) is 23.6 Å². The van der Waals surface area contributed by atoms with Crippen LogP contribution in [0, 0.1) is 23.2 Å². The number of aromatic amines is 1. The first-order valence-electron chi connectivity index (χ1n) is 12.4. The number of hydrogen-bond donors (Lipinski definition) is 2. The molecule has 37 heavy (non-hydrogen) atoms. The Labute approximate surface area is 217 Å². The van der Waals surface area contributed by atoms with Crippen molar-refractivity contribution in [3.8, 4) is 27.9 Å². The lowest BCUT2D eigenvalue weighted by atomic mass is 9.97. The van der Waals surface area contributed by atoms with Crippen LogP contribution in [-0.4, -0.2) is 55.8 Å². The minimum atomic E-state index is -0.573. The first-order valence-corrected chi connectivity index (χ1v) is 13.3. The average molecular weight is 512 g/mol. The number of amides is 2. The summed E-state index contributed by atoms with van der Waals surface area (Å²) in [5.74, 6) is -0.276. The summed E-state index contributed by atoms with van der Waals surface area (Å²) in [6, 6.07) is 9.69. The number of likely N-dealkylation sites (tertiary alicyclic amines) is 1. The van der Waals surface area contributed by atoms with Gasteiger partial charge < -0.3 is 15.2 Å². The van der Waals surface area contributed by atoms with E-state index in [2.05, 4.69) is 32.4 Å². The maximum absolute atomic E-state index is 13.4. The monoisotopic (exact) mass is 511 g/mol. The maximum Gasteiger partial charge on any atom is 0.255 e. The van der Waals surface area contributed by atoms with Crippen LogP contribution in [0.5, 0.6) is 0 Å². The zero-order chi connectivity index (χ0) is 25.4. The highest BCUT2D eigenvalue weighted by Gasteiger charge is 2.40. The van der Waals surface area contributed by atoms with Gasteiger partial charge in [0.2, 0.25) is 5.91 Å². The van der Waals surface area contributed by atoms with Crippen LogP contribution < -0.4 is 5.32 Å². The van der Waals surface area contributed by atoms with Gasteiger partial charge in [-0.25, -0.2) is 9.97 Å². The Morgan fingerprint density at radius 3 is 2.73 bits per heavy atom. The van der Waals surface area contributed by atoms with E-state index in [-0.39, 0.29) is 23.7 Å². The zero-order valence-electron chi connectivity index (χ0n) is 20.1. The molecule has 0 unspecified atom stereocenters. The number of carbonyl (C=O) groups excluding carboxylic acids is 2. The van der Waals surface area contributed by atoms with E-state index in [4.69, 9.17) is 10.2 Å². The summed E-state index contributed by atoms with van der Waals surface area (Å²) in [5, 5.41) is 14.2. The number of rotatable bonds is 6. The molecule has 0 bridgehead atoms. The predicted octanol–water partition coefficient (Wildman–Crippen LogP) is 4.02. The molecule has 0 radical (unpaired) electrons. The van der Waals surface area contributed by atoms with E-state index in [0.29, 0.717) is 54.0 Å². The molecule has 0 spiro atoms. The lowest BCUT2D eigenvalue weighted by Crippen LogP contribution is -2.51. The van der Waals surface area contributed by atoms with Crippen LogP contribution in [0.4, 0.5) is 0 Å². The van der Waals surface area contributed by atoms with Gasteiger partial charge in [0.05, 0.1) is 23.5 Å². The normalized spacial score (nSPS) is 16.9. The van der Waals surface area contributed by atoms with Crippen LogP contribution in [0.3, 0.4) is 0 Å². The molecule has 0 aromatic carbocycles. The summed E-state index contributed by atoms with van der Waals surface area (Å²) >= 11 is 1.65. The van der Waals surface area contributed by atoms with Crippen LogP contribution in [-0.2, 0) is 4.79 Å². The number of nitrogens with one attached hydrogen (secondary N) is 2. The highest BCUT2D eigenvalue weighted by atomic mass is 32.1. The highest BCUT2D eigenvalue weighted by molar-refractivity contribution is 7.13. The number of pyridine rings is 1. The standard InChI is InChI=1S/C27H25N7O2S/c28-13-16-6-9-34(10-7-16)27(36)23(17-3-4-17)33-26(35)19-14-30-25-24(19)32-21(15-31-25)20-12-18(5-8-29-20)22-2-1-11-37-22/h1-2,5,8,11-12,14-17,23H,3-4,6-7,9-10H2,(H,30,31)(H,33,35)/t23-/m0/s1. The van der Waals surface area contributed by atoms with E-state index in [0.717, 1.165) is 23.3 Å². The van der Waals surface area contributed by atoms with Crippen molar-refractivity contribution in [3.63, 3.8) is 0 Å².